The van der Waals surface area contributed by atoms with E-state index in [0.717, 1.165) is 51.8 Å². The highest BCUT2D eigenvalue weighted by Gasteiger charge is 2.17. The van der Waals surface area contributed by atoms with Gasteiger partial charge in [0.05, 0.1) is 19.3 Å². The highest BCUT2D eigenvalue weighted by molar-refractivity contribution is 4.71. The molecule has 0 aliphatic carbocycles. The molecule has 0 bridgehead atoms. The summed E-state index contributed by atoms with van der Waals surface area (Å²) in [6, 6.07) is 0. The van der Waals surface area contributed by atoms with Crippen molar-refractivity contribution in [1.29, 1.82) is 0 Å². The molecule has 4 nitrogen and oxygen atoms in total. The van der Waals surface area contributed by atoms with Crippen LogP contribution in [-0.4, -0.2) is 64.1 Å². The molecule has 2 saturated heterocycles. The smallest absolute Gasteiger partial charge is 0.0712 e. The highest BCUT2D eigenvalue weighted by Crippen LogP contribution is 2.14. The summed E-state index contributed by atoms with van der Waals surface area (Å²) < 4.78 is 11.2. The van der Waals surface area contributed by atoms with Gasteiger partial charge in [0.15, 0.2) is 0 Å². The molecule has 0 aromatic heterocycles. The van der Waals surface area contributed by atoms with Crippen LogP contribution < -0.4 is 5.32 Å². The van der Waals surface area contributed by atoms with E-state index in [1.54, 1.807) is 0 Å². The maximum atomic E-state index is 5.70. The van der Waals surface area contributed by atoms with Gasteiger partial charge in [-0.2, -0.15) is 0 Å². The minimum Gasteiger partial charge on any atom is -0.381 e. The minimum atomic E-state index is 0.411. The summed E-state index contributed by atoms with van der Waals surface area (Å²) in [6.45, 7) is 7.09. The standard InChI is InChI=1S/C13H26N2O2/c1-15(10-12-3-2-7-16-11-12)6-4-13-9-14-5-8-17-13/h12-14H,2-11H2,1H3. The van der Waals surface area contributed by atoms with Crippen molar-refractivity contribution in [2.45, 2.75) is 25.4 Å². The average Bonchev–Trinajstić information content (AvgIpc) is 2.39. The molecule has 2 rings (SSSR count). The predicted octanol–water partition coefficient (Wildman–Crippen LogP) is 0.723. The van der Waals surface area contributed by atoms with Crippen molar-refractivity contribution in [3.8, 4) is 0 Å². The Bertz CT molecular complexity index is 202. The van der Waals surface area contributed by atoms with Crippen LogP contribution in [0.1, 0.15) is 19.3 Å². The molecule has 2 heterocycles. The van der Waals surface area contributed by atoms with Gasteiger partial charge in [0.1, 0.15) is 0 Å². The van der Waals surface area contributed by atoms with E-state index in [1.807, 2.05) is 0 Å². The Kier molecular flexibility index (Phi) is 5.71. The van der Waals surface area contributed by atoms with Gasteiger partial charge in [-0.05, 0) is 32.2 Å². The average molecular weight is 242 g/mol. The van der Waals surface area contributed by atoms with Crippen LogP contribution in [0.15, 0.2) is 0 Å². The fourth-order valence-corrected chi connectivity index (χ4v) is 2.65. The monoisotopic (exact) mass is 242 g/mol. The normalized spacial score (nSPS) is 30.7. The van der Waals surface area contributed by atoms with E-state index in [9.17, 15) is 0 Å². The summed E-state index contributed by atoms with van der Waals surface area (Å²) in [7, 11) is 2.21. The number of nitrogens with zero attached hydrogens (tertiary/aromatic N) is 1. The molecule has 0 radical (unpaired) electrons. The van der Waals surface area contributed by atoms with Crippen LogP contribution in [0.5, 0.6) is 0 Å². The lowest BCUT2D eigenvalue weighted by molar-refractivity contribution is 0.0131. The highest BCUT2D eigenvalue weighted by atomic mass is 16.5. The third-order valence-corrected chi connectivity index (χ3v) is 3.66. The molecule has 0 aromatic rings. The molecule has 17 heavy (non-hydrogen) atoms. The molecule has 2 aliphatic rings. The Morgan fingerprint density at radius 1 is 1.35 bits per heavy atom. The van der Waals surface area contributed by atoms with E-state index in [4.69, 9.17) is 9.47 Å². The molecular formula is C13H26N2O2. The Morgan fingerprint density at radius 3 is 3.00 bits per heavy atom. The molecule has 2 atom stereocenters. The molecule has 0 amide bonds. The van der Waals surface area contributed by atoms with E-state index in [1.165, 1.54) is 19.4 Å². The summed E-state index contributed by atoms with van der Waals surface area (Å²) in [4.78, 5) is 2.43. The fraction of sp³-hybridized carbons (Fsp3) is 1.00. The van der Waals surface area contributed by atoms with Crippen LogP contribution in [0.25, 0.3) is 0 Å². The van der Waals surface area contributed by atoms with Gasteiger partial charge in [0, 0.05) is 32.8 Å². The van der Waals surface area contributed by atoms with Gasteiger partial charge in [0.25, 0.3) is 0 Å². The van der Waals surface area contributed by atoms with E-state index >= 15 is 0 Å². The quantitative estimate of drug-likeness (QED) is 0.770. The van der Waals surface area contributed by atoms with Gasteiger partial charge in [-0.1, -0.05) is 0 Å². The van der Waals surface area contributed by atoms with Gasteiger partial charge in [-0.15, -0.1) is 0 Å². The van der Waals surface area contributed by atoms with Crippen LogP contribution in [0.3, 0.4) is 0 Å². The first-order valence-electron chi connectivity index (χ1n) is 6.93. The Morgan fingerprint density at radius 2 is 2.29 bits per heavy atom. The zero-order valence-electron chi connectivity index (χ0n) is 11.0. The maximum Gasteiger partial charge on any atom is 0.0712 e. The fourth-order valence-electron chi connectivity index (χ4n) is 2.65. The number of morpholine rings is 1. The van der Waals surface area contributed by atoms with Crippen LogP contribution in [0, 0.1) is 5.92 Å². The van der Waals surface area contributed by atoms with Crippen LogP contribution >= 0.6 is 0 Å². The third kappa shape index (κ3) is 4.92. The van der Waals surface area contributed by atoms with E-state index in [-0.39, 0.29) is 0 Å². The van der Waals surface area contributed by atoms with Gasteiger partial charge in [-0.3, -0.25) is 0 Å². The Hall–Kier alpha value is -0.160. The van der Waals surface area contributed by atoms with E-state index in [0.29, 0.717) is 6.10 Å². The predicted molar refractivity (Wildman–Crippen MR) is 68.3 cm³/mol. The van der Waals surface area contributed by atoms with Crippen molar-refractivity contribution in [2.24, 2.45) is 5.92 Å². The van der Waals surface area contributed by atoms with Gasteiger partial charge in [0.2, 0.25) is 0 Å². The van der Waals surface area contributed by atoms with Crippen LogP contribution in [0.2, 0.25) is 0 Å². The summed E-state index contributed by atoms with van der Waals surface area (Å²) in [5.74, 6) is 0.735. The molecule has 100 valence electrons. The van der Waals surface area contributed by atoms with Crippen LogP contribution in [-0.2, 0) is 9.47 Å². The summed E-state index contributed by atoms with van der Waals surface area (Å²) in [6.07, 6.45) is 4.10. The molecular weight excluding hydrogens is 216 g/mol. The van der Waals surface area contributed by atoms with Crippen LogP contribution in [0.4, 0.5) is 0 Å². The lowest BCUT2D eigenvalue weighted by atomic mass is 10.0. The second-order valence-corrected chi connectivity index (χ2v) is 5.33. The van der Waals surface area contributed by atoms with Crippen molar-refractivity contribution in [1.82, 2.24) is 10.2 Å². The second kappa shape index (κ2) is 7.31. The molecule has 2 unspecified atom stereocenters. The Balaban J connectivity index is 1.57. The van der Waals surface area contributed by atoms with Crippen molar-refractivity contribution < 1.29 is 9.47 Å². The SMILES string of the molecule is CN(CCC1CNCCO1)CC1CCCOC1. The van der Waals surface area contributed by atoms with Crippen molar-refractivity contribution in [3.05, 3.63) is 0 Å². The molecule has 1 N–H and O–H groups in total. The topological polar surface area (TPSA) is 33.7 Å². The number of ether oxygens (including phenoxy) is 2. The third-order valence-electron chi connectivity index (χ3n) is 3.66. The number of hydrogen-bond acceptors (Lipinski definition) is 4. The lowest BCUT2D eigenvalue weighted by Crippen LogP contribution is -2.40. The zero-order chi connectivity index (χ0) is 11.9. The number of rotatable bonds is 5. The molecule has 2 aliphatic heterocycles. The number of hydrogen-bond donors (Lipinski definition) is 1. The number of nitrogens with one attached hydrogen (secondary N) is 1. The van der Waals surface area contributed by atoms with Gasteiger partial charge in [-0.25, -0.2) is 0 Å². The summed E-state index contributed by atoms with van der Waals surface area (Å²) in [5.41, 5.74) is 0. The van der Waals surface area contributed by atoms with E-state index in [2.05, 4.69) is 17.3 Å². The summed E-state index contributed by atoms with van der Waals surface area (Å²) in [5, 5.41) is 3.38. The first kappa shape index (κ1) is 13.3. The second-order valence-electron chi connectivity index (χ2n) is 5.33. The van der Waals surface area contributed by atoms with Crippen molar-refractivity contribution >= 4 is 0 Å². The molecule has 2 fully saturated rings. The molecule has 0 saturated carbocycles. The van der Waals surface area contributed by atoms with Crippen molar-refractivity contribution in [2.75, 3.05) is 53.0 Å². The Labute approximate surface area is 105 Å². The zero-order valence-corrected chi connectivity index (χ0v) is 11.0. The summed E-state index contributed by atoms with van der Waals surface area (Å²) >= 11 is 0. The van der Waals surface area contributed by atoms with Crippen molar-refractivity contribution in [3.63, 3.8) is 0 Å². The largest absolute Gasteiger partial charge is 0.381 e. The molecule has 0 aromatic carbocycles. The first-order chi connectivity index (χ1) is 8.34. The van der Waals surface area contributed by atoms with Gasteiger partial charge < -0.3 is 19.7 Å². The van der Waals surface area contributed by atoms with Gasteiger partial charge >= 0.3 is 0 Å². The minimum absolute atomic E-state index is 0.411. The van der Waals surface area contributed by atoms with E-state index < -0.39 is 0 Å². The maximum absolute atomic E-state index is 5.70. The molecule has 4 heteroatoms. The first-order valence-corrected chi connectivity index (χ1v) is 6.93. The molecule has 0 spiro atoms. The lowest BCUT2D eigenvalue weighted by Gasteiger charge is -2.29.